The molecule has 0 aliphatic carbocycles. The van der Waals surface area contributed by atoms with E-state index in [0.717, 1.165) is 17.1 Å². The Hall–Kier alpha value is -6.96. The molecular weight excluding hydrogens is 663 g/mol. The van der Waals surface area contributed by atoms with Crippen molar-refractivity contribution in [2.24, 2.45) is 0 Å². The van der Waals surface area contributed by atoms with Crippen LogP contribution in [0.2, 0.25) is 0 Å². The van der Waals surface area contributed by atoms with Crippen LogP contribution < -0.4 is 4.90 Å². The van der Waals surface area contributed by atoms with Gasteiger partial charge in [0.2, 0.25) is 0 Å². The van der Waals surface area contributed by atoms with E-state index in [0.29, 0.717) is 0 Å². The monoisotopic (exact) mass is 701 g/mol. The minimum atomic E-state index is 1.15. The summed E-state index contributed by atoms with van der Waals surface area (Å²) in [7, 11) is 0. The minimum absolute atomic E-state index is 1.15. The Morgan fingerprint density at radius 3 is 1.36 bits per heavy atom. The van der Waals surface area contributed by atoms with E-state index in [4.69, 9.17) is 0 Å². The number of hydrogen-bond acceptors (Lipinski definition) is 1. The summed E-state index contributed by atoms with van der Waals surface area (Å²) in [5.41, 5.74) is 13.3. The van der Waals surface area contributed by atoms with Gasteiger partial charge in [-0.25, -0.2) is 0 Å². The van der Waals surface area contributed by atoms with Crippen molar-refractivity contribution in [1.82, 2.24) is 0 Å². The predicted octanol–water partition coefficient (Wildman–Crippen LogP) is 15.4. The Morgan fingerprint density at radius 1 is 0.273 bits per heavy atom. The molecular formula is C54H39N. The highest BCUT2D eigenvalue weighted by atomic mass is 15.1. The van der Waals surface area contributed by atoms with E-state index >= 15 is 0 Å². The molecule has 0 amide bonds. The first-order valence-electron chi connectivity index (χ1n) is 19.1. The van der Waals surface area contributed by atoms with Crippen molar-refractivity contribution in [3.05, 3.63) is 211 Å². The van der Waals surface area contributed by atoms with E-state index in [1.165, 1.54) is 87.6 Å². The van der Waals surface area contributed by atoms with Crippen molar-refractivity contribution in [1.29, 1.82) is 0 Å². The molecule has 10 aromatic rings. The highest BCUT2D eigenvalue weighted by molar-refractivity contribution is 6.25. The third-order valence-electron chi connectivity index (χ3n) is 11.1. The molecule has 0 saturated heterocycles. The van der Waals surface area contributed by atoms with Crippen molar-refractivity contribution < 1.29 is 0 Å². The Labute approximate surface area is 322 Å². The molecule has 0 N–H and O–H groups in total. The molecule has 0 spiro atoms. The Balaban J connectivity index is 1.21. The number of aryl methyl sites for hydroxylation is 2. The maximum absolute atomic E-state index is 2.45. The summed E-state index contributed by atoms with van der Waals surface area (Å²) in [6.45, 7) is 4.33. The zero-order chi connectivity index (χ0) is 36.9. The molecule has 10 rings (SSSR count). The fourth-order valence-corrected chi connectivity index (χ4v) is 8.58. The molecule has 0 unspecified atom stereocenters. The highest BCUT2D eigenvalue weighted by Crippen LogP contribution is 2.46. The summed E-state index contributed by atoms with van der Waals surface area (Å²) in [5, 5.41) is 10.0. The van der Waals surface area contributed by atoms with Gasteiger partial charge >= 0.3 is 0 Å². The Kier molecular flexibility index (Phi) is 8.00. The van der Waals surface area contributed by atoms with Gasteiger partial charge in [0.15, 0.2) is 0 Å². The standard InChI is InChI=1S/C54H39N/c1-36-15-12-21-41(31-36)55(42-22-13-16-37(2)32-42)54-30-29-48(43-23-10-11-28-49(43)54)51-35-53-45-25-7-6-24-44(45)50(34-52(53)47-27-9-8-26-46(47)51)40-20-14-19-39(33-40)38-17-4-3-5-18-38/h3-35H,1-2H3. The first-order chi connectivity index (χ1) is 27.1. The largest absolute Gasteiger partial charge is 0.310 e. The van der Waals surface area contributed by atoms with Crippen LogP contribution in [0.4, 0.5) is 17.1 Å². The maximum Gasteiger partial charge on any atom is 0.0540 e. The topological polar surface area (TPSA) is 3.24 Å². The fourth-order valence-electron chi connectivity index (χ4n) is 8.58. The molecule has 0 aromatic heterocycles. The Morgan fingerprint density at radius 2 is 0.745 bits per heavy atom. The molecule has 55 heavy (non-hydrogen) atoms. The molecule has 0 radical (unpaired) electrons. The van der Waals surface area contributed by atoms with E-state index in [2.05, 4.69) is 219 Å². The lowest BCUT2D eigenvalue weighted by Crippen LogP contribution is -2.11. The summed E-state index contributed by atoms with van der Waals surface area (Å²) in [6.07, 6.45) is 0. The Bertz CT molecular complexity index is 3020. The number of hydrogen-bond donors (Lipinski definition) is 0. The highest BCUT2D eigenvalue weighted by Gasteiger charge is 2.20. The van der Waals surface area contributed by atoms with Gasteiger partial charge in [-0.15, -0.1) is 0 Å². The molecule has 260 valence electrons. The van der Waals surface area contributed by atoms with Crippen LogP contribution in [0.3, 0.4) is 0 Å². The van der Waals surface area contributed by atoms with Crippen molar-refractivity contribution >= 4 is 60.2 Å². The van der Waals surface area contributed by atoms with Crippen LogP contribution in [0.25, 0.3) is 76.5 Å². The lowest BCUT2D eigenvalue weighted by atomic mass is 9.86. The van der Waals surface area contributed by atoms with Crippen molar-refractivity contribution in [2.45, 2.75) is 13.8 Å². The molecule has 0 bridgehead atoms. The summed E-state index contributed by atoms with van der Waals surface area (Å²) in [5.74, 6) is 0. The number of benzene rings is 10. The van der Waals surface area contributed by atoms with Crippen molar-refractivity contribution in [2.75, 3.05) is 4.90 Å². The lowest BCUT2D eigenvalue weighted by molar-refractivity contribution is 1.27. The minimum Gasteiger partial charge on any atom is -0.310 e. The molecule has 0 fully saturated rings. The summed E-state index contributed by atoms with van der Waals surface area (Å²) < 4.78 is 0. The summed E-state index contributed by atoms with van der Waals surface area (Å²) in [4.78, 5) is 2.41. The smallest absolute Gasteiger partial charge is 0.0540 e. The zero-order valence-corrected chi connectivity index (χ0v) is 31.0. The number of fused-ring (bicyclic) bond motifs is 6. The molecule has 0 atom stereocenters. The molecule has 10 aromatic carbocycles. The van der Waals surface area contributed by atoms with Crippen LogP contribution in [0, 0.1) is 13.8 Å². The molecule has 1 nitrogen and oxygen atoms in total. The third kappa shape index (κ3) is 5.73. The second kappa shape index (κ2) is 13.5. The van der Waals surface area contributed by atoms with Crippen LogP contribution in [-0.4, -0.2) is 0 Å². The van der Waals surface area contributed by atoms with Gasteiger partial charge in [0.25, 0.3) is 0 Å². The summed E-state index contributed by atoms with van der Waals surface area (Å²) >= 11 is 0. The van der Waals surface area contributed by atoms with Crippen LogP contribution in [0.1, 0.15) is 11.1 Å². The van der Waals surface area contributed by atoms with Crippen LogP contribution in [0.15, 0.2) is 200 Å². The molecule has 0 heterocycles. The van der Waals surface area contributed by atoms with E-state index in [9.17, 15) is 0 Å². The molecule has 0 aliphatic rings. The number of rotatable bonds is 6. The van der Waals surface area contributed by atoms with E-state index < -0.39 is 0 Å². The van der Waals surface area contributed by atoms with Gasteiger partial charge in [0.05, 0.1) is 5.69 Å². The number of nitrogens with zero attached hydrogens (tertiary/aromatic N) is 1. The molecule has 1 heteroatoms. The van der Waals surface area contributed by atoms with Crippen LogP contribution in [0.5, 0.6) is 0 Å². The van der Waals surface area contributed by atoms with Gasteiger partial charge in [-0.3, -0.25) is 0 Å². The first kappa shape index (κ1) is 32.7. The number of anilines is 3. The van der Waals surface area contributed by atoms with Gasteiger partial charge < -0.3 is 4.90 Å². The van der Waals surface area contributed by atoms with E-state index in [1.54, 1.807) is 0 Å². The van der Waals surface area contributed by atoms with Crippen LogP contribution >= 0.6 is 0 Å². The van der Waals surface area contributed by atoms with Gasteiger partial charge in [0.1, 0.15) is 0 Å². The fraction of sp³-hybridized carbons (Fsp3) is 0.0370. The van der Waals surface area contributed by atoms with Crippen LogP contribution in [-0.2, 0) is 0 Å². The second-order valence-electron chi connectivity index (χ2n) is 14.7. The summed E-state index contributed by atoms with van der Waals surface area (Å²) in [6, 6.07) is 73.6. The quantitative estimate of drug-likeness (QED) is 0.156. The van der Waals surface area contributed by atoms with Gasteiger partial charge in [0, 0.05) is 16.8 Å². The average molecular weight is 702 g/mol. The van der Waals surface area contributed by atoms with Gasteiger partial charge in [-0.05, 0) is 145 Å². The normalized spacial score (nSPS) is 11.5. The van der Waals surface area contributed by atoms with E-state index in [1.807, 2.05) is 0 Å². The average Bonchev–Trinajstić information content (AvgIpc) is 3.24. The van der Waals surface area contributed by atoms with Crippen molar-refractivity contribution in [3.63, 3.8) is 0 Å². The van der Waals surface area contributed by atoms with E-state index in [-0.39, 0.29) is 0 Å². The molecule has 0 saturated carbocycles. The predicted molar refractivity (Wildman–Crippen MR) is 237 cm³/mol. The first-order valence-corrected chi connectivity index (χ1v) is 19.1. The second-order valence-corrected chi connectivity index (χ2v) is 14.7. The zero-order valence-electron chi connectivity index (χ0n) is 31.0. The lowest BCUT2D eigenvalue weighted by Gasteiger charge is -2.28. The molecule has 0 aliphatic heterocycles. The third-order valence-corrected chi connectivity index (χ3v) is 11.1. The maximum atomic E-state index is 2.45. The van der Waals surface area contributed by atoms with Gasteiger partial charge in [-0.2, -0.15) is 0 Å². The van der Waals surface area contributed by atoms with Gasteiger partial charge in [-0.1, -0.05) is 152 Å². The SMILES string of the molecule is Cc1cccc(N(c2cccc(C)c2)c2ccc(-c3cc4c5ccccc5c(-c5cccc(-c6ccccc6)c5)cc4c4ccccc34)c3ccccc23)c1. The van der Waals surface area contributed by atoms with Crippen molar-refractivity contribution in [3.8, 4) is 33.4 Å².